The van der Waals surface area contributed by atoms with Gasteiger partial charge in [0.2, 0.25) is 0 Å². The van der Waals surface area contributed by atoms with Crippen LogP contribution >= 0.6 is 15.9 Å². The summed E-state index contributed by atoms with van der Waals surface area (Å²) in [5.41, 5.74) is 0. The molecule has 3 nitrogen and oxygen atoms in total. The summed E-state index contributed by atoms with van der Waals surface area (Å²) < 4.78 is 9.83. The van der Waals surface area contributed by atoms with E-state index in [4.69, 9.17) is 9.47 Å². The molecule has 0 aliphatic carbocycles. The van der Waals surface area contributed by atoms with Crippen LogP contribution in [0.1, 0.15) is 20.3 Å². The van der Waals surface area contributed by atoms with Gasteiger partial charge in [0.1, 0.15) is 13.2 Å². The second-order valence-corrected chi connectivity index (χ2v) is 4.08. The third-order valence-electron chi connectivity index (χ3n) is 1.04. The number of carbonyl (C=O) groups is 1. The van der Waals surface area contributed by atoms with Crippen LogP contribution in [0.2, 0.25) is 0 Å². The molecule has 72 valence electrons. The van der Waals surface area contributed by atoms with Crippen LogP contribution in [-0.2, 0) is 14.3 Å². The number of halogens is 1. The lowest BCUT2D eigenvalue weighted by Gasteiger charge is -2.05. The van der Waals surface area contributed by atoms with Gasteiger partial charge in [-0.2, -0.15) is 0 Å². The molecule has 0 rings (SSSR count). The van der Waals surface area contributed by atoms with E-state index < -0.39 is 0 Å². The minimum Gasteiger partial charge on any atom is -0.463 e. The summed E-state index contributed by atoms with van der Waals surface area (Å²) in [5, 5.41) is 0. The molecule has 0 bridgehead atoms. The second kappa shape index (κ2) is 7.55. The van der Waals surface area contributed by atoms with Gasteiger partial charge in [0.15, 0.2) is 0 Å². The monoisotopic (exact) mass is 238 g/mol. The maximum absolute atomic E-state index is 10.9. The highest BCUT2D eigenvalue weighted by molar-refractivity contribution is 9.09. The van der Waals surface area contributed by atoms with E-state index in [-0.39, 0.29) is 17.4 Å². The first-order valence-electron chi connectivity index (χ1n) is 4.04. The van der Waals surface area contributed by atoms with E-state index in [1.807, 2.05) is 13.8 Å². The average Bonchev–Trinajstić information content (AvgIpc) is 2.01. The summed E-state index contributed by atoms with van der Waals surface area (Å²) in [6, 6.07) is 0. The fourth-order valence-electron chi connectivity index (χ4n) is 0.549. The molecule has 1 atom stereocenters. The fourth-order valence-corrected chi connectivity index (χ4v) is 0.681. The molecule has 0 radical (unpaired) electrons. The Bertz CT molecular complexity index is 125. The van der Waals surface area contributed by atoms with E-state index in [1.165, 1.54) is 0 Å². The molecule has 0 saturated carbocycles. The van der Waals surface area contributed by atoms with Gasteiger partial charge in [0.05, 0.1) is 0 Å². The third-order valence-corrected chi connectivity index (χ3v) is 1.31. The SMILES string of the molecule is CCCOCC(=O)OCC(C)Br. The number of ether oxygens (including phenoxy) is 2. The van der Waals surface area contributed by atoms with Gasteiger partial charge in [0, 0.05) is 11.4 Å². The van der Waals surface area contributed by atoms with Gasteiger partial charge in [-0.25, -0.2) is 4.79 Å². The summed E-state index contributed by atoms with van der Waals surface area (Å²) in [4.78, 5) is 11.1. The maximum Gasteiger partial charge on any atom is 0.332 e. The Morgan fingerprint density at radius 1 is 1.58 bits per heavy atom. The lowest BCUT2D eigenvalue weighted by Crippen LogP contribution is -2.16. The standard InChI is InChI=1S/C8H15BrO3/c1-3-4-11-6-8(10)12-5-7(2)9/h7H,3-6H2,1-2H3. The number of alkyl halides is 1. The highest BCUT2D eigenvalue weighted by Gasteiger charge is 2.03. The Labute approximate surface area is 81.6 Å². The molecule has 1 unspecified atom stereocenters. The van der Waals surface area contributed by atoms with Crippen molar-refractivity contribution < 1.29 is 14.3 Å². The Morgan fingerprint density at radius 3 is 2.75 bits per heavy atom. The summed E-state index contributed by atoms with van der Waals surface area (Å²) in [6.45, 7) is 4.98. The first kappa shape index (κ1) is 11.9. The van der Waals surface area contributed by atoms with Crippen LogP contribution in [0.5, 0.6) is 0 Å². The van der Waals surface area contributed by atoms with Gasteiger partial charge in [0.25, 0.3) is 0 Å². The van der Waals surface area contributed by atoms with Crippen molar-refractivity contribution in [2.45, 2.75) is 25.1 Å². The number of hydrogen-bond donors (Lipinski definition) is 0. The van der Waals surface area contributed by atoms with Crippen molar-refractivity contribution in [2.75, 3.05) is 19.8 Å². The van der Waals surface area contributed by atoms with Gasteiger partial charge in [-0.3, -0.25) is 0 Å². The summed E-state index contributed by atoms with van der Waals surface area (Å²) in [5.74, 6) is -0.297. The molecule has 0 N–H and O–H groups in total. The largest absolute Gasteiger partial charge is 0.463 e. The Kier molecular flexibility index (Phi) is 7.50. The predicted molar refractivity (Wildman–Crippen MR) is 50.5 cm³/mol. The van der Waals surface area contributed by atoms with Crippen molar-refractivity contribution in [1.82, 2.24) is 0 Å². The minimum absolute atomic E-state index is 0.0631. The van der Waals surface area contributed by atoms with Crippen LogP contribution < -0.4 is 0 Å². The van der Waals surface area contributed by atoms with E-state index >= 15 is 0 Å². The summed E-state index contributed by atoms with van der Waals surface area (Å²) in [7, 11) is 0. The first-order valence-corrected chi connectivity index (χ1v) is 4.95. The molecule has 0 aliphatic rings. The van der Waals surface area contributed by atoms with Crippen LogP contribution in [0, 0.1) is 0 Å². The molecule has 0 aromatic heterocycles. The smallest absolute Gasteiger partial charge is 0.332 e. The van der Waals surface area contributed by atoms with Crippen LogP contribution in [0.15, 0.2) is 0 Å². The molecule has 0 spiro atoms. The van der Waals surface area contributed by atoms with E-state index in [0.29, 0.717) is 13.2 Å². The topological polar surface area (TPSA) is 35.5 Å². The number of carbonyl (C=O) groups excluding carboxylic acids is 1. The third kappa shape index (κ3) is 8.01. The van der Waals surface area contributed by atoms with Crippen molar-refractivity contribution in [2.24, 2.45) is 0 Å². The van der Waals surface area contributed by atoms with Gasteiger partial charge in [-0.05, 0) is 13.3 Å². The van der Waals surface area contributed by atoms with Crippen molar-refractivity contribution in [1.29, 1.82) is 0 Å². The Balaban J connectivity index is 3.22. The lowest BCUT2D eigenvalue weighted by molar-refractivity contribution is -0.148. The highest BCUT2D eigenvalue weighted by Crippen LogP contribution is 1.97. The molecule has 0 aromatic rings. The maximum atomic E-state index is 10.9. The zero-order valence-corrected chi connectivity index (χ0v) is 9.09. The van der Waals surface area contributed by atoms with Gasteiger partial charge in [-0.1, -0.05) is 22.9 Å². The van der Waals surface area contributed by atoms with Crippen molar-refractivity contribution >= 4 is 21.9 Å². The van der Waals surface area contributed by atoms with Crippen molar-refractivity contribution in [3.05, 3.63) is 0 Å². The van der Waals surface area contributed by atoms with Gasteiger partial charge in [-0.15, -0.1) is 0 Å². The van der Waals surface area contributed by atoms with Crippen molar-refractivity contribution in [3.8, 4) is 0 Å². The molecule has 0 fully saturated rings. The molecule has 4 heteroatoms. The van der Waals surface area contributed by atoms with Gasteiger partial charge >= 0.3 is 5.97 Å². The second-order valence-electron chi connectivity index (χ2n) is 2.52. The van der Waals surface area contributed by atoms with Crippen molar-refractivity contribution in [3.63, 3.8) is 0 Å². The molecule has 0 amide bonds. The lowest BCUT2D eigenvalue weighted by atomic mass is 10.5. The molecular formula is C8H15BrO3. The highest BCUT2D eigenvalue weighted by atomic mass is 79.9. The van der Waals surface area contributed by atoms with Gasteiger partial charge < -0.3 is 9.47 Å². The minimum atomic E-state index is -0.297. The summed E-state index contributed by atoms with van der Waals surface area (Å²) >= 11 is 3.27. The number of rotatable bonds is 6. The number of esters is 1. The normalized spacial score (nSPS) is 12.6. The molecule has 0 aromatic carbocycles. The molecular weight excluding hydrogens is 224 g/mol. The molecule has 12 heavy (non-hydrogen) atoms. The molecule has 0 aliphatic heterocycles. The van der Waals surface area contributed by atoms with E-state index in [9.17, 15) is 4.79 Å². The Morgan fingerprint density at radius 2 is 2.25 bits per heavy atom. The fraction of sp³-hybridized carbons (Fsp3) is 0.875. The van der Waals surface area contributed by atoms with E-state index in [2.05, 4.69) is 15.9 Å². The predicted octanol–water partition coefficient (Wildman–Crippen LogP) is 1.74. The molecule has 0 heterocycles. The zero-order chi connectivity index (χ0) is 9.40. The van der Waals surface area contributed by atoms with Crippen LogP contribution in [0.4, 0.5) is 0 Å². The van der Waals surface area contributed by atoms with Crippen LogP contribution in [0.3, 0.4) is 0 Å². The summed E-state index contributed by atoms with van der Waals surface area (Å²) in [6.07, 6.45) is 0.919. The number of hydrogen-bond acceptors (Lipinski definition) is 3. The van der Waals surface area contributed by atoms with E-state index in [1.54, 1.807) is 0 Å². The van der Waals surface area contributed by atoms with Crippen LogP contribution in [-0.4, -0.2) is 30.6 Å². The average molecular weight is 239 g/mol. The quantitative estimate of drug-likeness (QED) is 0.402. The molecule has 0 saturated heterocycles. The van der Waals surface area contributed by atoms with E-state index in [0.717, 1.165) is 6.42 Å². The first-order chi connectivity index (χ1) is 5.66. The van der Waals surface area contributed by atoms with Crippen LogP contribution in [0.25, 0.3) is 0 Å². The Hall–Kier alpha value is -0.0900. The zero-order valence-electron chi connectivity index (χ0n) is 7.51.